The first-order valence-electron chi connectivity index (χ1n) is 6.71. The van der Waals surface area contributed by atoms with Crippen LogP contribution in [0.2, 0.25) is 0 Å². The Morgan fingerprint density at radius 3 is 2.95 bits per heavy atom. The zero-order valence-corrected chi connectivity index (χ0v) is 12.4. The SMILES string of the molecule is CCNC(Cc1nn(C)c2ccccc12)c1cnsn1. The van der Waals surface area contributed by atoms with E-state index in [1.807, 2.05) is 24.0 Å². The Balaban J connectivity index is 1.94. The normalized spacial score (nSPS) is 12.9. The van der Waals surface area contributed by atoms with Crippen molar-refractivity contribution in [3.05, 3.63) is 41.9 Å². The summed E-state index contributed by atoms with van der Waals surface area (Å²) in [6, 6.07) is 8.48. The van der Waals surface area contributed by atoms with Gasteiger partial charge >= 0.3 is 0 Å². The van der Waals surface area contributed by atoms with Crippen molar-refractivity contribution < 1.29 is 0 Å². The first-order valence-corrected chi connectivity index (χ1v) is 7.44. The molecule has 6 heteroatoms. The average molecular weight is 287 g/mol. The molecule has 0 aliphatic carbocycles. The first kappa shape index (κ1) is 13.2. The molecule has 1 N–H and O–H groups in total. The highest BCUT2D eigenvalue weighted by Crippen LogP contribution is 2.23. The highest BCUT2D eigenvalue weighted by Gasteiger charge is 2.17. The molecular formula is C14H17N5S. The van der Waals surface area contributed by atoms with Crippen LogP contribution in [0.25, 0.3) is 10.9 Å². The van der Waals surface area contributed by atoms with Crippen LogP contribution in [0.3, 0.4) is 0 Å². The predicted molar refractivity (Wildman–Crippen MR) is 80.7 cm³/mol. The van der Waals surface area contributed by atoms with Crippen molar-refractivity contribution >= 4 is 22.6 Å². The summed E-state index contributed by atoms with van der Waals surface area (Å²) in [5.41, 5.74) is 3.25. The van der Waals surface area contributed by atoms with E-state index < -0.39 is 0 Å². The van der Waals surface area contributed by atoms with Crippen molar-refractivity contribution in [2.75, 3.05) is 6.54 Å². The number of hydrogen-bond acceptors (Lipinski definition) is 5. The van der Waals surface area contributed by atoms with Gasteiger partial charge in [-0.1, -0.05) is 25.1 Å². The summed E-state index contributed by atoms with van der Waals surface area (Å²) in [6.07, 6.45) is 2.66. The molecule has 2 heterocycles. The molecule has 1 aromatic carbocycles. The molecule has 0 saturated carbocycles. The van der Waals surface area contributed by atoms with Crippen LogP contribution in [-0.4, -0.2) is 25.1 Å². The fourth-order valence-electron chi connectivity index (χ4n) is 2.49. The van der Waals surface area contributed by atoms with E-state index in [0.717, 1.165) is 29.9 Å². The van der Waals surface area contributed by atoms with Crippen molar-refractivity contribution in [3.63, 3.8) is 0 Å². The van der Waals surface area contributed by atoms with E-state index in [0.29, 0.717) is 0 Å². The molecule has 104 valence electrons. The second-order valence-corrected chi connectivity index (χ2v) is 5.29. The molecule has 1 atom stereocenters. The fraction of sp³-hybridized carbons (Fsp3) is 0.357. The van der Waals surface area contributed by atoms with Crippen molar-refractivity contribution in [1.29, 1.82) is 0 Å². The number of rotatable bonds is 5. The maximum absolute atomic E-state index is 4.65. The Hall–Kier alpha value is -1.79. The van der Waals surface area contributed by atoms with Gasteiger partial charge in [0.25, 0.3) is 0 Å². The Morgan fingerprint density at radius 2 is 2.20 bits per heavy atom. The number of aryl methyl sites for hydroxylation is 1. The van der Waals surface area contributed by atoms with E-state index in [1.54, 1.807) is 0 Å². The van der Waals surface area contributed by atoms with Crippen LogP contribution < -0.4 is 5.32 Å². The van der Waals surface area contributed by atoms with Gasteiger partial charge in [0.05, 0.1) is 40.9 Å². The molecule has 0 radical (unpaired) electrons. The van der Waals surface area contributed by atoms with Gasteiger partial charge in [0.2, 0.25) is 0 Å². The topological polar surface area (TPSA) is 55.6 Å². The summed E-state index contributed by atoms with van der Waals surface area (Å²) in [6.45, 7) is 3.00. The summed E-state index contributed by atoms with van der Waals surface area (Å²) in [4.78, 5) is 0. The lowest BCUT2D eigenvalue weighted by Gasteiger charge is -2.13. The number of para-hydroxylation sites is 1. The van der Waals surface area contributed by atoms with Crippen molar-refractivity contribution in [2.24, 2.45) is 7.05 Å². The lowest BCUT2D eigenvalue weighted by Crippen LogP contribution is -2.23. The molecule has 5 nitrogen and oxygen atoms in total. The number of nitrogens with zero attached hydrogens (tertiary/aromatic N) is 4. The van der Waals surface area contributed by atoms with Gasteiger partial charge in [0.1, 0.15) is 0 Å². The van der Waals surface area contributed by atoms with Crippen molar-refractivity contribution in [3.8, 4) is 0 Å². The minimum atomic E-state index is 0.164. The van der Waals surface area contributed by atoms with E-state index in [-0.39, 0.29) is 6.04 Å². The van der Waals surface area contributed by atoms with Crippen LogP contribution in [0.4, 0.5) is 0 Å². The van der Waals surface area contributed by atoms with Gasteiger partial charge in [0.15, 0.2) is 0 Å². The monoisotopic (exact) mass is 287 g/mol. The average Bonchev–Trinajstić information content (AvgIpc) is 3.08. The van der Waals surface area contributed by atoms with Gasteiger partial charge < -0.3 is 5.32 Å². The highest BCUT2D eigenvalue weighted by atomic mass is 32.1. The smallest absolute Gasteiger partial charge is 0.0916 e. The number of aromatic nitrogens is 4. The Kier molecular flexibility index (Phi) is 3.75. The largest absolute Gasteiger partial charge is 0.309 e. The summed E-state index contributed by atoms with van der Waals surface area (Å²) in [7, 11) is 1.98. The summed E-state index contributed by atoms with van der Waals surface area (Å²) in [5, 5.41) is 9.33. The second kappa shape index (κ2) is 5.68. The zero-order valence-electron chi connectivity index (χ0n) is 11.6. The van der Waals surface area contributed by atoms with E-state index in [4.69, 9.17) is 0 Å². The Labute approximate surface area is 122 Å². The molecule has 0 bridgehead atoms. The minimum absolute atomic E-state index is 0.164. The van der Waals surface area contributed by atoms with Gasteiger partial charge in [-0.15, -0.1) is 0 Å². The molecular weight excluding hydrogens is 270 g/mol. The van der Waals surface area contributed by atoms with Gasteiger partial charge in [-0.25, -0.2) is 0 Å². The third-order valence-corrected chi connectivity index (χ3v) is 3.91. The molecule has 0 aliphatic rings. The zero-order chi connectivity index (χ0) is 13.9. The second-order valence-electron chi connectivity index (χ2n) is 4.73. The van der Waals surface area contributed by atoms with Crippen LogP contribution >= 0.6 is 11.7 Å². The molecule has 2 aromatic heterocycles. The molecule has 0 saturated heterocycles. The summed E-state index contributed by atoms with van der Waals surface area (Å²) in [5.74, 6) is 0. The van der Waals surface area contributed by atoms with Crippen LogP contribution in [0.1, 0.15) is 24.4 Å². The lowest BCUT2D eigenvalue weighted by atomic mass is 10.1. The number of benzene rings is 1. The molecule has 0 spiro atoms. The van der Waals surface area contributed by atoms with Crippen LogP contribution in [0.5, 0.6) is 0 Å². The van der Waals surface area contributed by atoms with E-state index >= 15 is 0 Å². The molecule has 3 aromatic rings. The molecule has 0 aliphatic heterocycles. The first-order chi connectivity index (χ1) is 9.79. The van der Waals surface area contributed by atoms with Crippen molar-refractivity contribution in [2.45, 2.75) is 19.4 Å². The van der Waals surface area contributed by atoms with Crippen LogP contribution in [-0.2, 0) is 13.5 Å². The minimum Gasteiger partial charge on any atom is -0.309 e. The number of fused-ring (bicyclic) bond motifs is 1. The van der Waals surface area contributed by atoms with Gasteiger partial charge in [-0.3, -0.25) is 4.68 Å². The molecule has 3 rings (SSSR count). The lowest BCUT2D eigenvalue weighted by molar-refractivity contribution is 0.532. The van der Waals surface area contributed by atoms with E-state index in [9.17, 15) is 0 Å². The third kappa shape index (κ3) is 2.44. The molecule has 20 heavy (non-hydrogen) atoms. The molecule has 0 amide bonds. The standard InChI is InChI=1S/C14H17N5S/c1-3-15-12(13-9-16-20-18-13)8-11-10-6-4-5-7-14(10)19(2)17-11/h4-7,9,12,15H,3,8H2,1-2H3. The van der Waals surface area contributed by atoms with Gasteiger partial charge in [-0.2, -0.15) is 13.8 Å². The maximum atomic E-state index is 4.65. The highest BCUT2D eigenvalue weighted by molar-refractivity contribution is 6.99. The van der Waals surface area contributed by atoms with Crippen LogP contribution in [0.15, 0.2) is 30.5 Å². The van der Waals surface area contributed by atoms with Crippen LogP contribution in [0, 0.1) is 0 Å². The van der Waals surface area contributed by atoms with E-state index in [1.165, 1.54) is 17.1 Å². The Bertz CT molecular complexity index is 689. The quantitative estimate of drug-likeness (QED) is 0.782. The molecule has 1 unspecified atom stereocenters. The predicted octanol–water partition coefficient (Wildman–Crippen LogP) is 2.32. The Morgan fingerprint density at radius 1 is 1.35 bits per heavy atom. The van der Waals surface area contributed by atoms with Crippen molar-refractivity contribution in [1.82, 2.24) is 23.8 Å². The number of hydrogen-bond donors (Lipinski definition) is 1. The third-order valence-electron chi connectivity index (χ3n) is 3.42. The summed E-state index contributed by atoms with van der Waals surface area (Å²) >= 11 is 1.25. The summed E-state index contributed by atoms with van der Waals surface area (Å²) < 4.78 is 10.4. The molecule has 0 fully saturated rings. The van der Waals surface area contributed by atoms with Gasteiger partial charge in [0, 0.05) is 18.9 Å². The van der Waals surface area contributed by atoms with E-state index in [2.05, 4.69) is 44.3 Å². The fourth-order valence-corrected chi connectivity index (χ4v) is 2.96. The number of nitrogens with one attached hydrogen (secondary N) is 1. The van der Waals surface area contributed by atoms with Gasteiger partial charge in [-0.05, 0) is 12.6 Å². The maximum Gasteiger partial charge on any atom is 0.0916 e. The number of likely N-dealkylation sites (N-methyl/N-ethyl adjacent to an activating group) is 1.